The van der Waals surface area contributed by atoms with Crippen LogP contribution in [0.25, 0.3) is 6.08 Å². The lowest BCUT2D eigenvalue weighted by atomic mass is 10.2. The molecule has 1 N–H and O–H groups in total. The highest BCUT2D eigenvalue weighted by Crippen LogP contribution is 2.18. The number of carbonyl (C=O) groups excluding carboxylic acids is 1. The minimum atomic E-state index is -0.477. The number of nitro groups is 1. The van der Waals surface area contributed by atoms with E-state index in [9.17, 15) is 14.9 Å². The van der Waals surface area contributed by atoms with Crippen molar-refractivity contribution in [1.82, 2.24) is 5.43 Å². The molecule has 0 bridgehead atoms. The number of hydrogen-bond acceptors (Lipinski definition) is 5. The zero-order chi connectivity index (χ0) is 15.1. The first-order valence-electron chi connectivity index (χ1n) is 5.95. The van der Waals surface area contributed by atoms with Crippen LogP contribution in [0.2, 0.25) is 0 Å². The molecule has 0 aliphatic heterocycles. The van der Waals surface area contributed by atoms with E-state index in [1.165, 1.54) is 36.8 Å². The zero-order valence-electron chi connectivity index (χ0n) is 10.8. The van der Waals surface area contributed by atoms with Gasteiger partial charge in [0.15, 0.2) is 5.76 Å². The fraction of sp³-hybridized carbons (Fsp3) is 0. The Morgan fingerprint density at radius 3 is 2.81 bits per heavy atom. The van der Waals surface area contributed by atoms with Gasteiger partial charge in [-0.15, -0.1) is 0 Å². The molecule has 0 aliphatic carbocycles. The monoisotopic (exact) mass is 285 g/mol. The highest BCUT2D eigenvalue weighted by atomic mass is 16.6. The van der Waals surface area contributed by atoms with Crippen molar-refractivity contribution in [2.75, 3.05) is 0 Å². The number of carbonyl (C=O) groups is 1. The molecular formula is C14H11N3O4. The number of rotatable bonds is 5. The summed E-state index contributed by atoms with van der Waals surface area (Å²) in [5, 5.41) is 14.5. The van der Waals surface area contributed by atoms with Crippen LogP contribution in [0, 0.1) is 10.1 Å². The van der Waals surface area contributed by atoms with E-state index in [1.807, 2.05) is 0 Å². The van der Waals surface area contributed by atoms with Crippen LogP contribution >= 0.6 is 0 Å². The van der Waals surface area contributed by atoms with E-state index >= 15 is 0 Å². The number of para-hydroxylation sites is 1. The molecule has 7 heteroatoms. The Morgan fingerprint density at radius 2 is 2.10 bits per heavy atom. The molecule has 21 heavy (non-hydrogen) atoms. The van der Waals surface area contributed by atoms with Gasteiger partial charge in [-0.05, 0) is 30.4 Å². The second-order valence-electron chi connectivity index (χ2n) is 3.87. The molecule has 0 aliphatic rings. The molecule has 1 heterocycles. The molecule has 2 rings (SSSR count). The fourth-order valence-corrected chi connectivity index (χ4v) is 1.54. The van der Waals surface area contributed by atoms with Gasteiger partial charge in [-0.25, -0.2) is 5.43 Å². The number of nitro benzene ring substituents is 1. The molecule has 0 saturated heterocycles. The topological polar surface area (TPSA) is 97.7 Å². The van der Waals surface area contributed by atoms with E-state index in [0.717, 1.165) is 0 Å². The van der Waals surface area contributed by atoms with Gasteiger partial charge in [0.05, 0.1) is 16.7 Å². The van der Waals surface area contributed by atoms with E-state index in [4.69, 9.17) is 4.42 Å². The number of allylic oxidation sites excluding steroid dienone is 1. The zero-order valence-corrected chi connectivity index (χ0v) is 10.8. The van der Waals surface area contributed by atoms with Crippen LogP contribution in [0.3, 0.4) is 0 Å². The van der Waals surface area contributed by atoms with Gasteiger partial charge in [-0.2, -0.15) is 5.10 Å². The largest absolute Gasteiger partial charge is 0.459 e. The van der Waals surface area contributed by atoms with Crippen LogP contribution in [0.4, 0.5) is 5.69 Å². The maximum Gasteiger partial charge on any atom is 0.307 e. The quantitative estimate of drug-likeness (QED) is 0.518. The average molecular weight is 285 g/mol. The van der Waals surface area contributed by atoms with Gasteiger partial charge in [0, 0.05) is 12.3 Å². The number of amides is 1. The van der Waals surface area contributed by atoms with Crippen molar-refractivity contribution in [3.05, 3.63) is 70.2 Å². The van der Waals surface area contributed by atoms with Gasteiger partial charge in [0.25, 0.3) is 5.69 Å². The smallest absolute Gasteiger partial charge is 0.307 e. The van der Waals surface area contributed by atoms with Gasteiger partial charge in [-0.1, -0.05) is 12.1 Å². The Balaban J connectivity index is 1.95. The van der Waals surface area contributed by atoms with Gasteiger partial charge >= 0.3 is 5.91 Å². The number of hydrogen-bond donors (Lipinski definition) is 1. The third-order valence-electron chi connectivity index (χ3n) is 2.48. The molecule has 7 nitrogen and oxygen atoms in total. The molecule has 0 atom stereocenters. The molecule has 0 saturated carbocycles. The minimum absolute atomic E-state index is 0.00164. The summed E-state index contributed by atoms with van der Waals surface area (Å²) in [6.45, 7) is 0. The van der Waals surface area contributed by atoms with Crippen molar-refractivity contribution in [2.24, 2.45) is 5.10 Å². The SMILES string of the molecule is O=C(N/N=C\C=C/c1ccccc1[N+](=O)[O-])c1ccco1. The number of hydrazone groups is 1. The number of nitrogens with one attached hydrogen (secondary N) is 1. The first kappa shape index (κ1) is 14.2. The highest BCUT2D eigenvalue weighted by molar-refractivity contribution is 5.92. The fourth-order valence-electron chi connectivity index (χ4n) is 1.54. The Kier molecular flexibility index (Phi) is 4.60. The summed E-state index contributed by atoms with van der Waals surface area (Å²) in [4.78, 5) is 21.8. The molecule has 0 fully saturated rings. The van der Waals surface area contributed by atoms with Gasteiger partial charge in [-0.3, -0.25) is 14.9 Å². The summed E-state index contributed by atoms with van der Waals surface area (Å²) in [6.07, 6.45) is 5.72. The van der Waals surface area contributed by atoms with Crippen molar-refractivity contribution >= 4 is 23.9 Å². The Hall–Kier alpha value is -3.22. The summed E-state index contributed by atoms with van der Waals surface area (Å²) in [7, 11) is 0. The Bertz CT molecular complexity index is 690. The number of furan rings is 1. The van der Waals surface area contributed by atoms with E-state index in [0.29, 0.717) is 5.56 Å². The van der Waals surface area contributed by atoms with Crippen molar-refractivity contribution in [3.63, 3.8) is 0 Å². The summed E-state index contributed by atoms with van der Waals surface area (Å²) in [6, 6.07) is 9.41. The van der Waals surface area contributed by atoms with Crippen LogP contribution in [-0.4, -0.2) is 17.0 Å². The lowest BCUT2D eigenvalue weighted by molar-refractivity contribution is -0.385. The molecule has 106 valence electrons. The predicted molar refractivity (Wildman–Crippen MR) is 76.8 cm³/mol. The van der Waals surface area contributed by atoms with Gasteiger partial charge < -0.3 is 4.42 Å². The third-order valence-corrected chi connectivity index (χ3v) is 2.48. The van der Waals surface area contributed by atoms with Crippen molar-refractivity contribution in [1.29, 1.82) is 0 Å². The standard InChI is InChI=1S/C14H11N3O4/c18-14(13-8-4-10-21-13)16-15-9-3-6-11-5-1-2-7-12(11)17(19)20/h1-10H,(H,16,18)/b6-3-,15-9-. The van der Waals surface area contributed by atoms with Crippen molar-refractivity contribution < 1.29 is 14.1 Å². The van der Waals surface area contributed by atoms with Gasteiger partial charge in [0.2, 0.25) is 0 Å². The number of benzene rings is 1. The lowest BCUT2D eigenvalue weighted by Crippen LogP contribution is -2.16. The maximum atomic E-state index is 11.5. The normalized spacial score (nSPS) is 11.0. The summed E-state index contributed by atoms with van der Waals surface area (Å²) in [5.74, 6) is -0.329. The van der Waals surface area contributed by atoms with Crippen LogP contribution in [-0.2, 0) is 0 Å². The van der Waals surface area contributed by atoms with Crippen LogP contribution in [0.15, 0.2) is 58.3 Å². The van der Waals surface area contributed by atoms with Crippen LogP contribution in [0.5, 0.6) is 0 Å². The molecular weight excluding hydrogens is 274 g/mol. The third kappa shape index (κ3) is 3.87. The average Bonchev–Trinajstić information content (AvgIpc) is 3.01. The lowest BCUT2D eigenvalue weighted by Gasteiger charge is -1.95. The molecule has 0 radical (unpaired) electrons. The molecule has 2 aromatic rings. The molecule has 0 unspecified atom stereocenters. The summed E-state index contributed by atoms with van der Waals surface area (Å²) >= 11 is 0. The molecule has 1 amide bonds. The van der Waals surface area contributed by atoms with Crippen LogP contribution in [0.1, 0.15) is 16.1 Å². The van der Waals surface area contributed by atoms with E-state index in [-0.39, 0.29) is 11.4 Å². The first-order chi connectivity index (χ1) is 10.2. The van der Waals surface area contributed by atoms with Gasteiger partial charge in [0.1, 0.15) is 0 Å². The molecule has 1 aromatic carbocycles. The van der Waals surface area contributed by atoms with E-state index in [1.54, 1.807) is 24.3 Å². The van der Waals surface area contributed by atoms with Crippen LogP contribution < -0.4 is 5.43 Å². The second kappa shape index (κ2) is 6.80. The summed E-state index contributed by atoms with van der Waals surface area (Å²) < 4.78 is 4.88. The van der Waals surface area contributed by atoms with Crippen molar-refractivity contribution in [3.8, 4) is 0 Å². The number of nitrogens with zero attached hydrogens (tertiary/aromatic N) is 2. The maximum absolute atomic E-state index is 11.5. The minimum Gasteiger partial charge on any atom is -0.459 e. The highest BCUT2D eigenvalue weighted by Gasteiger charge is 2.08. The molecule has 0 spiro atoms. The molecule has 1 aromatic heterocycles. The summed E-state index contributed by atoms with van der Waals surface area (Å²) in [5.41, 5.74) is 2.71. The Labute approximate surface area is 119 Å². The Morgan fingerprint density at radius 1 is 1.29 bits per heavy atom. The van der Waals surface area contributed by atoms with E-state index < -0.39 is 10.8 Å². The second-order valence-corrected chi connectivity index (χ2v) is 3.87. The van der Waals surface area contributed by atoms with E-state index in [2.05, 4.69) is 10.5 Å². The van der Waals surface area contributed by atoms with Crippen molar-refractivity contribution in [2.45, 2.75) is 0 Å². The first-order valence-corrected chi connectivity index (χ1v) is 5.95. The predicted octanol–water partition coefficient (Wildman–Crippen LogP) is 2.62.